The van der Waals surface area contributed by atoms with E-state index in [0.717, 1.165) is 39.0 Å². The molecule has 0 aliphatic rings. The highest BCUT2D eigenvalue weighted by Gasteiger charge is 2.21. The molecule has 0 aliphatic carbocycles. The standard InChI is InChI=1S/C19H22N6OS3/c1-5-25-15(10-27-19-20-13-8-6-7-9-14(13)29-19)22-23-18(25)28-12(4)17-21-16(11(2)3)24-26-17/h6-9,11-12H,5,10H2,1-4H3/t12-/m0/s1. The Morgan fingerprint density at radius 3 is 2.69 bits per heavy atom. The summed E-state index contributed by atoms with van der Waals surface area (Å²) < 4.78 is 9.82. The summed E-state index contributed by atoms with van der Waals surface area (Å²) >= 11 is 5.00. The Kier molecular flexibility index (Phi) is 6.21. The number of hydrogen-bond donors (Lipinski definition) is 0. The van der Waals surface area contributed by atoms with E-state index in [-0.39, 0.29) is 11.2 Å². The average Bonchev–Trinajstić information content (AvgIpc) is 3.43. The lowest BCUT2D eigenvalue weighted by Crippen LogP contribution is -2.03. The van der Waals surface area contributed by atoms with Crippen molar-refractivity contribution < 1.29 is 4.52 Å². The molecule has 4 rings (SSSR count). The molecule has 152 valence electrons. The predicted octanol–water partition coefficient (Wildman–Crippen LogP) is 5.56. The first-order valence-electron chi connectivity index (χ1n) is 9.45. The lowest BCUT2D eigenvalue weighted by Gasteiger charge is -2.09. The number of benzene rings is 1. The molecular weight excluding hydrogens is 424 g/mol. The summed E-state index contributed by atoms with van der Waals surface area (Å²) in [5, 5.41) is 13.8. The summed E-state index contributed by atoms with van der Waals surface area (Å²) in [6.45, 7) is 9.06. The third-order valence-corrected chi connectivity index (χ3v) is 7.56. The van der Waals surface area contributed by atoms with Crippen molar-refractivity contribution in [2.45, 2.75) is 60.7 Å². The molecule has 29 heavy (non-hydrogen) atoms. The minimum absolute atomic E-state index is 0.00858. The first-order valence-corrected chi connectivity index (χ1v) is 12.1. The van der Waals surface area contributed by atoms with Gasteiger partial charge in [0, 0.05) is 12.5 Å². The van der Waals surface area contributed by atoms with Crippen molar-refractivity contribution in [2.75, 3.05) is 0 Å². The van der Waals surface area contributed by atoms with Crippen LogP contribution in [0.3, 0.4) is 0 Å². The number of thioether (sulfide) groups is 2. The second-order valence-electron chi connectivity index (χ2n) is 6.78. The van der Waals surface area contributed by atoms with E-state index in [0.29, 0.717) is 5.89 Å². The van der Waals surface area contributed by atoms with Gasteiger partial charge < -0.3 is 9.09 Å². The number of thiazole rings is 1. The zero-order chi connectivity index (χ0) is 20.4. The van der Waals surface area contributed by atoms with Gasteiger partial charge in [-0.05, 0) is 26.0 Å². The van der Waals surface area contributed by atoms with Gasteiger partial charge in [-0.1, -0.05) is 54.7 Å². The molecule has 0 amide bonds. The maximum absolute atomic E-state index is 5.42. The summed E-state index contributed by atoms with van der Waals surface area (Å²) in [6.07, 6.45) is 0. The van der Waals surface area contributed by atoms with Gasteiger partial charge in [-0.15, -0.1) is 21.5 Å². The van der Waals surface area contributed by atoms with E-state index in [1.54, 1.807) is 34.9 Å². The molecule has 0 saturated carbocycles. The summed E-state index contributed by atoms with van der Waals surface area (Å²) in [4.78, 5) is 9.18. The highest BCUT2D eigenvalue weighted by Crippen LogP contribution is 2.35. The molecule has 7 nitrogen and oxygen atoms in total. The monoisotopic (exact) mass is 446 g/mol. The fraction of sp³-hybridized carbons (Fsp3) is 0.421. The number of para-hydroxylation sites is 1. The van der Waals surface area contributed by atoms with Gasteiger partial charge >= 0.3 is 0 Å². The van der Waals surface area contributed by atoms with Gasteiger partial charge in [-0.25, -0.2) is 4.98 Å². The van der Waals surface area contributed by atoms with E-state index >= 15 is 0 Å². The number of nitrogens with zero attached hydrogens (tertiary/aromatic N) is 6. The lowest BCUT2D eigenvalue weighted by molar-refractivity contribution is 0.373. The zero-order valence-corrected chi connectivity index (χ0v) is 19.1. The number of rotatable bonds is 8. The van der Waals surface area contributed by atoms with Gasteiger partial charge in [0.05, 0.1) is 21.2 Å². The van der Waals surface area contributed by atoms with Crippen LogP contribution in [0.1, 0.15) is 56.4 Å². The molecule has 3 aromatic heterocycles. The Labute approximate surface area is 181 Å². The molecule has 1 aromatic carbocycles. The first kappa shape index (κ1) is 20.4. The third kappa shape index (κ3) is 4.49. The van der Waals surface area contributed by atoms with E-state index in [9.17, 15) is 0 Å². The van der Waals surface area contributed by atoms with Crippen molar-refractivity contribution in [3.63, 3.8) is 0 Å². The van der Waals surface area contributed by atoms with E-state index in [1.165, 1.54) is 4.70 Å². The first-order chi connectivity index (χ1) is 14.0. The quantitative estimate of drug-likeness (QED) is 0.325. The van der Waals surface area contributed by atoms with Gasteiger partial charge in [-0.3, -0.25) is 0 Å². The fourth-order valence-corrected chi connectivity index (χ4v) is 5.70. The molecule has 0 fully saturated rings. The average molecular weight is 447 g/mol. The van der Waals surface area contributed by atoms with Crippen LogP contribution >= 0.6 is 34.9 Å². The Balaban J connectivity index is 1.45. The Hall–Kier alpha value is -1.91. The van der Waals surface area contributed by atoms with Crippen LogP contribution in [-0.4, -0.2) is 29.9 Å². The summed E-state index contributed by atoms with van der Waals surface area (Å²) in [5.41, 5.74) is 1.04. The molecule has 3 heterocycles. The van der Waals surface area contributed by atoms with Crippen molar-refractivity contribution in [1.82, 2.24) is 29.9 Å². The largest absolute Gasteiger partial charge is 0.338 e. The minimum atomic E-state index is 0.00858. The van der Waals surface area contributed by atoms with Gasteiger partial charge in [0.15, 0.2) is 15.3 Å². The van der Waals surface area contributed by atoms with Crippen LogP contribution in [0.15, 0.2) is 38.3 Å². The number of hydrogen-bond acceptors (Lipinski definition) is 9. The Bertz CT molecular complexity index is 1070. The Morgan fingerprint density at radius 2 is 1.97 bits per heavy atom. The van der Waals surface area contributed by atoms with Crippen LogP contribution in [0.2, 0.25) is 0 Å². The van der Waals surface area contributed by atoms with Crippen LogP contribution < -0.4 is 0 Å². The second kappa shape index (κ2) is 8.85. The van der Waals surface area contributed by atoms with Crippen LogP contribution in [0, 0.1) is 0 Å². The van der Waals surface area contributed by atoms with Crippen molar-refractivity contribution in [1.29, 1.82) is 0 Å². The van der Waals surface area contributed by atoms with Crippen molar-refractivity contribution in [3.05, 3.63) is 41.8 Å². The van der Waals surface area contributed by atoms with E-state index in [2.05, 4.69) is 56.7 Å². The van der Waals surface area contributed by atoms with Crippen LogP contribution in [0.4, 0.5) is 0 Å². The lowest BCUT2D eigenvalue weighted by atomic mass is 10.2. The zero-order valence-electron chi connectivity index (χ0n) is 16.7. The highest BCUT2D eigenvalue weighted by atomic mass is 32.2. The molecule has 0 aliphatic heterocycles. The maximum atomic E-state index is 5.42. The third-order valence-electron chi connectivity index (χ3n) is 4.31. The van der Waals surface area contributed by atoms with Gasteiger partial charge in [0.1, 0.15) is 5.82 Å². The predicted molar refractivity (Wildman–Crippen MR) is 118 cm³/mol. The normalized spacial score (nSPS) is 12.9. The van der Waals surface area contributed by atoms with Gasteiger partial charge in [-0.2, -0.15) is 4.98 Å². The highest BCUT2D eigenvalue weighted by molar-refractivity contribution is 8.00. The maximum Gasteiger partial charge on any atom is 0.239 e. The molecular formula is C19H22N6OS3. The molecule has 1 atom stereocenters. The second-order valence-corrected chi connectivity index (χ2v) is 10.3. The number of fused-ring (bicyclic) bond motifs is 1. The molecule has 0 unspecified atom stereocenters. The summed E-state index contributed by atoms with van der Waals surface area (Å²) in [7, 11) is 0. The molecule has 0 saturated heterocycles. The SMILES string of the molecule is CCn1c(CSc2nc3ccccc3s2)nnc1S[C@@H](C)c1nc(C(C)C)no1. The van der Waals surface area contributed by atoms with Gasteiger partial charge in [0.25, 0.3) is 0 Å². The van der Waals surface area contributed by atoms with E-state index in [4.69, 9.17) is 4.52 Å². The van der Waals surface area contributed by atoms with Crippen LogP contribution in [-0.2, 0) is 12.3 Å². The summed E-state index contributed by atoms with van der Waals surface area (Å²) in [5.74, 6) is 3.27. The molecule has 0 spiro atoms. The molecule has 0 radical (unpaired) electrons. The Morgan fingerprint density at radius 1 is 1.14 bits per heavy atom. The van der Waals surface area contributed by atoms with Crippen LogP contribution in [0.25, 0.3) is 10.2 Å². The molecule has 0 bridgehead atoms. The van der Waals surface area contributed by atoms with Crippen LogP contribution in [0.5, 0.6) is 0 Å². The minimum Gasteiger partial charge on any atom is -0.338 e. The summed E-state index contributed by atoms with van der Waals surface area (Å²) in [6, 6.07) is 8.20. The fourth-order valence-electron chi connectivity index (χ4n) is 2.73. The topological polar surface area (TPSA) is 82.5 Å². The van der Waals surface area contributed by atoms with E-state index in [1.807, 2.05) is 25.1 Å². The number of aromatic nitrogens is 6. The van der Waals surface area contributed by atoms with Gasteiger partial charge in [0.2, 0.25) is 5.89 Å². The smallest absolute Gasteiger partial charge is 0.239 e. The van der Waals surface area contributed by atoms with Crippen molar-refractivity contribution in [2.24, 2.45) is 0 Å². The molecule has 10 heteroatoms. The van der Waals surface area contributed by atoms with Crippen molar-refractivity contribution in [3.8, 4) is 0 Å². The molecule has 0 N–H and O–H groups in total. The molecule has 4 aromatic rings. The van der Waals surface area contributed by atoms with Crippen molar-refractivity contribution >= 4 is 45.1 Å². The van der Waals surface area contributed by atoms with E-state index < -0.39 is 0 Å².